The minimum absolute atomic E-state index is 0.440. The second-order valence-corrected chi connectivity index (χ2v) is 5.95. The first-order chi connectivity index (χ1) is 11.3. The lowest BCUT2D eigenvalue weighted by Crippen LogP contribution is -2.31. The molecule has 0 saturated carbocycles. The molecule has 0 bridgehead atoms. The summed E-state index contributed by atoms with van der Waals surface area (Å²) in [6.45, 7) is 2.15. The Morgan fingerprint density at radius 2 is 2.17 bits per heavy atom. The highest BCUT2D eigenvalue weighted by molar-refractivity contribution is 5.74. The SMILES string of the molecule is O=c1oc2ccccc2n1-c1cnc(CC2CCCNC2)cn1. The third kappa shape index (κ3) is 2.77. The van der Waals surface area contributed by atoms with E-state index in [1.165, 1.54) is 17.4 Å². The van der Waals surface area contributed by atoms with Crippen LogP contribution in [0.1, 0.15) is 18.5 Å². The molecular weight excluding hydrogens is 292 g/mol. The number of para-hydroxylation sites is 2. The quantitative estimate of drug-likeness (QED) is 0.800. The minimum Gasteiger partial charge on any atom is -0.407 e. The molecule has 1 unspecified atom stereocenters. The van der Waals surface area contributed by atoms with Crippen LogP contribution in [-0.4, -0.2) is 27.6 Å². The van der Waals surface area contributed by atoms with E-state index < -0.39 is 5.76 Å². The molecule has 0 radical (unpaired) electrons. The van der Waals surface area contributed by atoms with Gasteiger partial charge in [-0.2, -0.15) is 0 Å². The van der Waals surface area contributed by atoms with Crippen molar-refractivity contribution in [1.82, 2.24) is 19.9 Å². The van der Waals surface area contributed by atoms with Gasteiger partial charge in [-0.1, -0.05) is 12.1 Å². The Bertz CT molecular complexity index is 860. The Hall–Kier alpha value is -2.47. The fraction of sp³-hybridized carbons (Fsp3) is 0.353. The van der Waals surface area contributed by atoms with E-state index in [0.717, 1.165) is 25.2 Å². The van der Waals surface area contributed by atoms with Gasteiger partial charge in [0.2, 0.25) is 0 Å². The number of nitrogens with zero attached hydrogens (tertiary/aromatic N) is 3. The van der Waals surface area contributed by atoms with E-state index in [-0.39, 0.29) is 0 Å². The zero-order chi connectivity index (χ0) is 15.6. The fourth-order valence-electron chi connectivity index (χ4n) is 3.15. The molecule has 1 N–H and O–H groups in total. The maximum Gasteiger partial charge on any atom is 0.425 e. The first-order valence-corrected chi connectivity index (χ1v) is 7.94. The Balaban J connectivity index is 1.62. The average Bonchev–Trinajstić information content (AvgIpc) is 2.92. The molecule has 1 fully saturated rings. The van der Waals surface area contributed by atoms with Gasteiger partial charge in [-0.05, 0) is 50.4 Å². The van der Waals surface area contributed by atoms with Gasteiger partial charge >= 0.3 is 5.76 Å². The highest BCUT2D eigenvalue weighted by Crippen LogP contribution is 2.17. The fourth-order valence-corrected chi connectivity index (χ4v) is 3.15. The summed E-state index contributed by atoms with van der Waals surface area (Å²) in [4.78, 5) is 21.0. The van der Waals surface area contributed by atoms with Crippen molar-refractivity contribution in [3.8, 4) is 5.82 Å². The number of benzene rings is 1. The number of hydrogen-bond acceptors (Lipinski definition) is 5. The highest BCUT2D eigenvalue weighted by Gasteiger charge is 2.15. The standard InChI is InChI=1S/C17H18N4O2/c22-17-21(14-5-1-2-6-15(14)23-17)16-11-19-13(10-20-16)8-12-4-3-7-18-9-12/h1-2,5-6,10-12,18H,3-4,7-9H2. The van der Waals surface area contributed by atoms with Crippen LogP contribution in [0.15, 0.2) is 45.9 Å². The molecule has 6 heteroatoms. The van der Waals surface area contributed by atoms with Gasteiger partial charge in [0.15, 0.2) is 11.4 Å². The Labute approximate surface area is 133 Å². The average molecular weight is 310 g/mol. The molecule has 3 aromatic rings. The van der Waals surface area contributed by atoms with Crippen molar-refractivity contribution in [3.63, 3.8) is 0 Å². The van der Waals surface area contributed by atoms with Gasteiger partial charge in [0.25, 0.3) is 0 Å². The van der Waals surface area contributed by atoms with E-state index in [1.807, 2.05) is 18.2 Å². The molecule has 23 heavy (non-hydrogen) atoms. The molecule has 1 aliphatic rings. The predicted octanol–water partition coefficient (Wildman–Crippen LogP) is 1.92. The van der Waals surface area contributed by atoms with Crippen molar-refractivity contribution in [3.05, 3.63) is 52.9 Å². The van der Waals surface area contributed by atoms with Crippen molar-refractivity contribution in [2.75, 3.05) is 13.1 Å². The summed E-state index contributed by atoms with van der Waals surface area (Å²) in [5.74, 6) is 0.663. The second-order valence-electron chi connectivity index (χ2n) is 5.95. The topological polar surface area (TPSA) is 73.0 Å². The first kappa shape index (κ1) is 14.1. The lowest BCUT2D eigenvalue weighted by molar-refractivity contribution is 0.373. The molecule has 1 aromatic carbocycles. The summed E-state index contributed by atoms with van der Waals surface area (Å²) < 4.78 is 6.69. The molecule has 2 aromatic heterocycles. The number of oxazole rings is 1. The molecule has 118 valence electrons. The molecular formula is C17H18N4O2. The molecule has 6 nitrogen and oxygen atoms in total. The van der Waals surface area contributed by atoms with Gasteiger partial charge in [-0.15, -0.1) is 0 Å². The first-order valence-electron chi connectivity index (χ1n) is 7.94. The van der Waals surface area contributed by atoms with Gasteiger partial charge in [0.1, 0.15) is 0 Å². The number of piperidine rings is 1. The monoisotopic (exact) mass is 310 g/mol. The predicted molar refractivity (Wildman–Crippen MR) is 86.7 cm³/mol. The molecule has 1 aliphatic heterocycles. The third-order valence-electron chi connectivity index (χ3n) is 4.30. The van der Waals surface area contributed by atoms with E-state index in [2.05, 4.69) is 15.3 Å². The van der Waals surface area contributed by atoms with Gasteiger partial charge in [-0.3, -0.25) is 4.98 Å². The molecule has 4 rings (SSSR count). The summed E-state index contributed by atoms with van der Waals surface area (Å²) in [6.07, 6.45) is 6.77. The Morgan fingerprint density at radius 3 is 2.96 bits per heavy atom. The zero-order valence-electron chi connectivity index (χ0n) is 12.7. The number of rotatable bonds is 3. The van der Waals surface area contributed by atoms with Crippen LogP contribution in [-0.2, 0) is 6.42 Å². The number of fused-ring (bicyclic) bond motifs is 1. The summed E-state index contributed by atoms with van der Waals surface area (Å²) >= 11 is 0. The third-order valence-corrected chi connectivity index (χ3v) is 4.30. The normalized spacial score (nSPS) is 18.3. The van der Waals surface area contributed by atoms with Crippen molar-refractivity contribution in [2.45, 2.75) is 19.3 Å². The summed E-state index contributed by atoms with van der Waals surface area (Å²) in [7, 11) is 0. The minimum atomic E-state index is -0.440. The molecule has 3 heterocycles. The Morgan fingerprint density at radius 1 is 1.26 bits per heavy atom. The van der Waals surface area contributed by atoms with Crippen LogP contribution < -0.4 is 11.1 Å². The second kappa shape index (κ2) is 5.96. The summed E-state index contributed by atoms with van der Waals surface area (Å²) in [5, 5.41) is 3.41. The molecule has 0 spiro atoms. The molecule has 0 amide bonds. The van der Waals surface area contributed by atoms with E-state index in [4.69, 9.17) is 4.42 Å². The zero-order valence-corrected chi connectivity index (χ0v) is 12.7. The van der Waals surface area contributed by atoms with Gasteiger partial charge in [-0.25, -0.2) is 14.3 Å². The van der Waals surface area contributed by atoms with Gasteiger partial charge < -0.3 is 9.73 Å². The van der Waals surface area contributed by atoms with Crippen LogP contribution in [0.2, 0.25) is 0 Å². The number of hydrogen-bond donors (Lipinski definition) is 1. The van der Waals surface area contributed by atoms with Crippen molar-refractivity contribution >= 4 is 11.1 Å². The van der Waals surface area contributed by atoms with Gasteiger partial charge in [0.05, 0.1) is 23.6 Å². The highest BCUT2D eigenvalue weighted by atomic mass is 16.4. The van der Waals surface area contributed by atoms with E-state index >= 15 is 0 Å². The van der Waals surface area contributed by atoms with Crippen LogP contribution >= 0.6 is 0 Å². The van der Waals surface area contributed by atoms with Crippen LogP contribution in [0, 0.1) is 5.92 Å². The Kier molecular flexibility index (Phi) is 3.67. The van der Waals surface area contributed by atoms with Crippen LogP contribution in [0.3, 0.4) is 0 Å². The van der Waals surface area contributed by atoms with Crippen molar-refractivity contribution in [1.29, 1.82) is 0 Å². The van der Waals surface area contributed by atoms with Gasteiger partial charge in [0, 0.05) is 0 Å². The number of nitrogens with one attached hydrogen (secondary N) is 1. The van der Waals surface area contributed by atoms with Crippen LogP contribution in [0.25, 0.3) is 16.9 Å². The largest absolute Gasteiger partial charge is 0.425 e. The smallest absolute Gasteiger partial charge is 0.407 e. The maximum absolute atomic E-state index is 12.1. The van der Waals surface area contributed by atoms with Crippen molar-refractivity contribution < 1.29 is 4.42 Å². The van der Waals surface area contributed by atoms with Crippen molar-refractivity contribution in [2.24, 2.45) is 5.92 Å². The molecule has 1 atom stereocenters. The number of aromatic nitrogens is 3. The summed E-state index contributed by atoms with van der Waals surface area (Å²) in [5.41, 5.74) is 2.22. The summed E-state index contributed by atoms with van der Waals surface area (Å²) in [6, 6.07) is 7.31. The molecule has 1 saturated heterocycles. The lowest BCUT2D eigenvalue weighted by atomic mass is 9.95. The van der Waals surface area contributed by atoms with E-state index in [1.54, 1.807) is 18.5 Å². The van der Waals surface area contributed by atoms with E-state index in [9.17, 15) is 4.79 Å². The molecule has 0 aliphatic carbocycles. The van der Waals surface area contributed by atoms with Crippen LogP contribution in [0.5, 0.6) is 0 Å². The maximum atomic E-state index is 12.1. The van der Waals surface area contributed by atoms with Crippen LogP contribution in [0.4, 0.5) is 0 Å². The lowest BCUT2D eigenvalue weighted by Gasteiger charge is -2.22. The van der Waals surface area contributed by atoms with E-state index in [0.29, 0.717) is 22.8 Å².